The fraction of sp³-hybridized carbons (Fsp3) is 0.333. The van der Waals surface area contributed by atoms with Crippen molar-refractivity contribution in [2.24, 2.45) is 5.10 Å². The van der Waals surface area contributed by atoms with Crippen molar-refractivity contribution in [2.75, 3.05) is 26.8 Å². The molecule has 0 unspecified atom stereocenters. The lowest BCUT2D eigenvalue weighted by molar-refractivity contribution is 0.0955. The molecule has 9 heteroatoms. The van der Waals surface area contributed by atoms with E-state index in [9.17, 15) is 13.2 Å². The van der Waals surface area contributed by atoms with Gasteiger partial charge in [-0.2, -0.15) is 9.41 Å². The molecule has 0 radical (unpaired) electrons. The number of amides is 1. The Kier molecular flexibility index (Phi) is 8.37. The molecule has 0 saturated heterocycles. The van der Waals surface area contributed by atoms with Gasteiger partial charge >= 0.3 is 0 Å². The zero-order chi connectivity index (χ0) is 22.1. The van der Waals surface area contributed by atoms with Crippen molar-refractivity contribution in [3.8, 4) is 11.5 Å². The summed E-state index contributed by atoms with van der Waals surface area (Å²) in [6.07, 6.45) is 1.47. The SMILES string of the molecule is CCOc1cc(/C=N/NC(=O)c2cccc(S(=O)(=O)N(CC)CC)c2)ccc1OC. The Morgan fingerprint density at radius 2 is 1.83 bits per heavy atom. The Morgan fingerprint density at radius 3 is 2.47 bits per heavy atom. The quantitative estimate of drug-likeness (QED) is 0.459. The maximum Gasteiger partial charge on any atom is 0.271 e. The summed E-state index contributed by atoms with van der Waals surface area (Å²) in [5.74, 6) is 0.662. The second-order valence-corrected chi connectivity index (χ2v) is 8.10. The van der Waals surface area contributed by atoms with E-state index in [2.05, 4.69) is 10.5 Å². The molecule has 2 rings (SSSR count). The maximum absolute atomic E-state index is 12.6. The fourth-order valence-corrected chi connectivity index (χ4v) is 4.29. The van der Waals surface area contributed by atoms with Crippen molar-refractivity contribution in [2.45, 2.75) is 25.7 Å². The molecule has 30 heavy (non-hydrogen) atoms. The summed E-state index contributed by atoms with van der Waals surface area (Å²) in [4.78, 5) is 12.5. The van der Waals surface area contributed by atoms with Crippen LogP contribution in [0.2, 0.25) is 0 Å². The Morgan fingerprint density at radius 1 is 1.10 bits per heavy atom. The van der Waals surface area contributed by atoms with Gasteiger partial charge in [0.2, 0.25) is 10.0 Å². The molecule has 1 amide bonds. The standard InChI is InChI=1S/C21H27N3O5S/c1-5-24(6-2)30(26,27)18-10-8-9-17(14-18)21(25)23-22-15-16-11-12-19(28-4)20(13-16)29-7-3/h8-15H,5-7H2,1-4H3,(H,23,25)/b22-15+. The molecule has 2 aromatic rings. The van der Waals surface area contributed by atoms with Crippen LogP contribution in [0, 0.1) is 0 Å². The van der Waals surface area contributed by atoms with E-state index in [0.717, 1.165) is 0 Å². The van der Waals surface area contributed by atoms with Gasteiger partial charge in [0.15, 0.2) is 11.5 Å². The normalized spacial score (nSPS) is 11.6. The topological polar surface area (TPSA) is 97.3 Å². The first-order chi connectivity index (χ1) is 14.4. The van der Waals surface area contributed by atoms with Gasteiger partial charge in [0, 0.05) is 18.7 Å². The van der Waals surface area contributed by atoms with Crippen LogP contribution < -0.4 is 14.9 Å². The highest BCUT2D eigenvalue weighted by molar-refractivity contribution is 7.89. The summed E-state index contributed by atoms with van der Waals surface area (Å²) in [7, 11) is -2.09. The minimum absolute atomic E-state index is 0.0688. The largest absolute Gasteiger partial charge is 0.493 e. The number of carbonyl (C=O) groups excluding carboxylic acids is 1. The van der Waals surface area contributed by atoms with E-state index in [1.807, 2.05) is 6.92 Å². The van der Waals surface area contributed by atoms with Gasteiger partial charge in [-0.05, 0) is 48.9 Å². The van der Waals surface area contributed by atoms with Gasteiger partial charge in [0.1, 0.15) is 0 Å². The van der Waals surface area contributed by atoms with Crippen molar-refractivity contribution in [1.29, 1.82) is 0 Å². The average molecular weight is 434 g/mol. The van der Waals surface area contributed by atoms with Crippen LogP contribution in [0.15, 0.2) is 52.5 Å². The van der Waals surface area contributed by atoms with Crippen LogP contribution in [0.4, 0.5) is 0 Å². The smallest absolute Gasteiger partial charge is 0.271 e. The van der Waals surface area contributed by atoms with Gasteiger partial charge in [-0.15, -0.1) is 0 Å². The van der Waals surface area contributed by atoms with Gasteiger partial charge in [-0.1, -0.05) is 19.9 Å². The van der Waals surface area contributed by atoms with Crippen LogP contribution >= 0.6 is 0 Å². The molecule has 0 heterocycles. The number of hydrogen-bond acceptors (Lipinski definition) is 6. The highest BCUT2D eigenvalue weighted by atomic mass is 32.2. The third kappa shape index (κ3) is 5.58. The number of ether oxygens (including phenoxy) is 2. The average Bonchev–Trinajstić information content (AvgIpc) is 2.75. The van der Waals surface area contributed by atoms with Crippen LogP contribution in [-0.4, -0.2) is 51.7 Å². The first-order valence-corrected chi connectivity index (χ1v) is 11.1. The fourth-order valence-electron chi connectivity index (χ4n) is 2.78. The minimum Gasteiger partial charge on any atom is -0.493 e. The molecule has 2 aromatic carbocycles. The Hall–Kier alpha value is -2.91. The lowest BCUT2D eigenvalue weighted by atomic mass is 10.2. The molecule has 0 aliphatic heterocycles. The summed E-state index contributed by atoms with van der Waals surface area (Å²) in [6, 6.07) is 11.2. The lowest BCUT2D eigenvalue weighted by Crippen LogP contribution is -2.30. The van der Waals surface area contributed by atoms with Crippen LogP contribution in [0.5, 0.6) is 11.5 Å². The number of rotatable bonds is 10. The van der Waals surface area contributed by atoms with Crippen molar-refractivity contribution in [1.82, 2.24) is 9.73 Å². The molecule has 0 saturated carbocycles. The summed E-state index contributed by atoms with van der Waals surface area (Å²) in [5, 5.41) is 3.95. The zero-order valence-corrected chi connectivity index (χ0v) is 18.4. The molecular weight excluding hydrogens is 406 g/mol. The lowest BCUT2D eigenvalue weighted by Gasteiger charge is -2.18. The third-order valence-corrected chi connectivity index (χ3v) is 6.35. The van der Waals surface area contributed by atoms with E-state index in [1.165, 1.54) is 34.8 Å². The number of nitrogens with zero attached hydrogens (tertiary/aromatic N) is 2. The van der Waals surface area contributed by atoms with Crippen molar-refractivity contribution in [3.63, 3.8) is 0 Å². The molecule has 0 fully saturated rings. The molecule has 162 valence electrons. The summed E-state index contributed by atoms with van der Waals surface area (Å²) in [6.45, 7) is 6.59. The van der Waals surface area contributed by atoms with Gasteiger partial charge < -0.3 is 9.47 Å². The number of carbonyl (C=O) groups is 1. The number of hydrogen-bond donors (Lipinski definition) is 1. The predicted molar refractivity (Wildman–Crippen MR) is 116 cm³/mol. The molecule has 0 bridgehead atoms. The van der Waals surface area contributed by atoms with Gasteiger partial charge in [-0.3, -0.25) is 4.79 Å². The summed E-state index contributed by atoms with van der Waals surface area (Å²) in [5.41, 5.74) is 3.32. The van der Waals surface area contributed by atoms with E-state index < -0.39 is 15.9 Å². The molecule has 0 aliphatic carbocycles. The van der Waals surface area contributed by atoms with Gasteiger partial charge in [-0.25, -0.2) is 13.8 Å². The molecular formula is C21H27N3O5S. The third-order valence-electron chi connectivity index (χ3n) is 4.31. The van der Waals surface area contributed by atoms with E-state index in [0.29, 0.717) is 36.8 Å². The van der Waals surface area contributed by atoms with Crippen LogP contribution in [0.3, 0.4) is 0 Å². The first-order valence-electron chi connectivity index (χ1n) is 9.61. The predicted octanol–water partition coefficient (Wildman–Crippen LogP) is 2.89. The Labute approximate surface area is 177 Å². The van der Waals surface area contributed by atoms with Crippen molar-refractivity contribution < 1.29 is 22.7 Å². The first kappa shape index (κ1) is 23.4. The van der Waals surface area contributed by atoms with Crippen LogP contribution in [-0.2, 0) is 10.0 Å². The van der Waals surface area contributed by atoms with E-state index >= 15 is 0 Å². The molecule has 0 aromatic heterocycles. The van der Waals surface area contributed by atoms with Crippen LogP contribution in [0.1, 0.15) is 36.7 Å². The van der Waals surface area contributed by atoms with Gasteiger partial charge in [0.25, 0.3) is 5.91 Å². The van der Waals surface area contributed by atoms with E-state index in [1.54, 1.807) is 39.2 Å². The number of nitrogens with one attached hydrogen (secondary N) is 1. The molecule has 8 nitrogen and oxygen atoms in total. The number of benzene rings is 2. The number of hydrazone groups is 1. The second-order valence-electron chi connectivity index (χ2n) is 6.16. The van der Waals surface area contributed by atoms with Crippen molar-refractivity contribution >= 4 is 22.1 Å². The van der Waals surface area contributed by atoms with E-state index in [-0.39, 0.29) is 10.5 Å². The highest BCUT2D eigenvalue weighted by Gasteiger charge is 2.22. The second kappa shape index (κ2) is 10.7. The molecule has 0 atom stereocenters. The minimum atomic E-state index is -3.65. The van der Waals surface area contributed by atoms with E-state index in [4.69, 9.17) is 9.47 Å². The Bertz CT molecular complexity index is 1000. The monoisotopic (exact) mass is 433 g/mol. The van der Waals surface area contributed by atoms with Gasteiger partial charge in [0.05, 0.1) is 24.8 Å². The maximum atomic E-state index is 12.6. The summed E-state index contributed by atoms with van der Waals surface area (Å²) >= 11 is 0. The number of methoxy groups -OCH3 is 1. The number of sulfonamides is 1. The van der Waals surface area contributed by atoms with Crippen molar-refractivity contribution in [3.05, 3.63) is 53.6 Å². The Balaban J connectivity index is 2.15. The summed E-state index contributed by atoms with van der Waals surface area (Å²) < 4.78 is 37.4. The zero-order valence-electron chi connectivity index (χ0n) is 17.6. The molecule has 1 N–H and O–H groups in total. The van der Waals surface area contributed by atoms with Crippen LogP contribution in [0.25, 0.3) is 0 Å². The molecule has 0 aliphatic rings. The molecule has 0 spiro atoms. The highest BCUT2D eigenvalue weighted by Crippen LogP contribution is 2.27.